The Hall–Kier alpha value is -2.78. The fraction of sp³-hybridized carbons (Fsp3) is 0.692. The van der Waals surface area contributed by atoms with Crippen LogP contribution >= 0.6 is 0 Å². The third-order valence-corrected chi connectivity index (χ3v) is 5.87. The van der Waals surface area contributed by atoms with Crippen LogP contribution in [0.15, 0.2) is 29.5 Å². The first-order chi connectivity index (χ1) is 18.2. The van der Waals surface area contributed by atoms with Gasteiger partial charge in [-0.2, -0.15) is 5.26 Å². The Morgan fingerprint density at radius 3 is 2.54 bits per heavy atom. The fourth-order valence-electron chi connectivity index (χ4n) is 3.93. The molecular weight excluding hydrogens is 474 g/mol. The monoisotopic (exact) mass is 517 g/mol. The lowest BCUT2D eigenvalue weighted by Gasteiger charge is -2.29. The fourth-order valence-corrected chi connectivity index (χ4v) is 3.93. The van der Waals surface area contributed by atoms with Crippen LogP contribution in [0, 0.1) is 11.5 Å². The largest absolute Gasteiger partial charge is 0.378 e. The highest BCUT2D eigenvalue weighted by molar-refractivity contribution is 5.94. The van der Waals surface area contributed by atoms with Gasteiger partial charge in [0, 0.05) is 37.6 Å². The van der Waals surface area contributed by atoms with Crippen molar-refractivity contribution in [2.24, 2.45) is 10.7 Å². The number of guanidine groups is 1. The predicted molar refractivity (Wildman–Crippen MR) is 142 cm³/mol. The molecule has 1 heterocycles. The van der Waals surface area contributed by atoms with E-state index in [-0.39, 0.29) is 12.0 Å². The van der Waals surface area contributed by atoms with Crippen LogP contribution in [0.5, 0.6) is 0 Å². The molecule has 206 valence electrons. The Morgan fingerprint density at radius 2 is 1.81 bits per heavy atom. The first kappa shape index (κ1) is 30.4. The Bertz CT molecular complexity index is 798. The zero-order chi connectivity index (χ0) is 26.4. The van der Waals surface area contributed by atoms with Gasteiger partial charge in [0.25, 0.3) is 0 Å². The van der Waals surface area contributed by atoms with E-state index in [9.17, 15) is 4.79 Å². The maximum absolute atomic E-state index is 12.9. The Balaban J connectivity index is 1.66. The summed E-state index contributed by atoms with van der Waals surface area (Å²) in [5, 5.41) is 16.1. The van der Waals surface area contributed by atoms with E-state index in [1.807, 2.05) is 6.19 Å². The zero-order valence-electron chi connectivity index (χ0n) is 21.9. The molecule has 1 amide bonds. The summed E-state index contributed by atoms with van der Waals surface area (Å²) in [6.07, 6.45) is 14.8. The van der Waals surface area contributed by atoms with Gasteiger partial charge < -0.3 is 20.5 Å². The molecule has 37 heavy (non-hydrogen) atoms. The lowest BCUT2D eigenvalue weighted by atomic mass is 9.98. The number of anilines is 1. The van der Waals surface area contributed by atoms with Gasteiger partial charge in [0.1, 0.15) is 0 Å². The van der Waals surface area contributed by atoms with Gasteiger partial charge in [-0.1, -0.05) is 32.1 Å². The summed E-state index contributed by atoms with van der Waals surface area (Å²) in [7, 11) is 0. The molecule has 2 rings (SSSR count). The van der Waals surface area contributed by atoms with Crippen molar-refractivity contribution in [2.75, 3.05) is 51.4 Å². The number of aromatic nitrogens is 1. The van der Waals surface area contributed by atoms with Gasteiger partial charge in [-0.25, -0.2) is 5.06 Å². The van der Waals surface area contributed by atoms with Crippen molar-refractivity contribution >= 4 is 17.6 Å². The molecule has 1 aliphatic rings. The molecule has 0 saturated heterocycles. The number of ether oxygens (including phenoxy) is 2. The van der Waals surface area contributed by atoms with Crippen LogP contribution in [0.3, 0.4) is 0 Å². The number of hydrogen-bond acceptors (Lipinski definition) is 8. The molecule has 1 fully saturated rings. The molecule has 1 aromatic rings. The van der Waals surface area contributed by atoms with Gasteiger partial charge >= 0.3 is 0 Å². The second kappa shape index (κ2) is 20.3. The highest BCUT2D eigenvalue weighted by Gasteiger charge is 2.21. The molecular formula is C26H43N7O4. The molecule has 1 aliphatic carbocycles. The van der Waals surface area contributed by atoms with Crippen molar-refractivity contribution in [3.8, 4) is 6.19 Å². The number of hydroxylamine groups is 2. The number of hydrogen-bond donors (Lipinski definition) is 3. The van der Waals surface area contributed by atoms with Gasteiger partial charge in [0.05, 0.1) is 39.1 Å². The van der Waals surface area contributed by atoms with E-state index in [1.54, 1.807) is 24.5 Å². The number of rotatable bonds is 18. The Kier molecular flexibility index (Phi) is 16.7. The number of unbranched alkanes of at least 4 members (excludes halogenated alkanes) is 3. The lowest BCUT2D eigenvalue weighted by molar-refractivity contribution is -0.214. The van der Waals surface area contributed by atoms with Crippen molar-refractivity contribution in [1.29, 1.82) is 5.26 Å². The van der Waals surface area contributed by atoms with Crippen molar-refractivity contribution in [3.05, 3.63) is 24.5 Å². The van der Waals surface area contributed by atoms with Crippen LogP contribution in [0.1, 0.15) is 64.2 Å². The number of nitrogens with two attached hydrogens (primary N) is 1. The van der Waals surface area contributed by atoms with Gasteiger partial charge in [0.15, 0.2) is 6.19 Å². The molecule has 0 radical (unpaired) electrons. The first-order valence-corrected chi connectivity index (χ1v) is 13.4. The number of nitriles is 1. The Labute approximate surface area is 220 Å². The third-order valence-electron chi connectivity index (χ3n) is 5.87. The summed E-state index contributed by atoms with van der Waals surface area (Å²) in [5.41, 5.74) is 6.21. The molecule has 0 aliphatic heterocycles. The summed E-state index contributed by atoms with van der Waals surface area (Å²) >= 11 is 0. The molecule has 0 unspecified atom stereocenters. The van der Waals surface area contributed by atoms with Crippen LogP contribution in [0.4, 0.5) is 5.69 Å². The normalized spacial score (nSPS) is 14.2. The summed E-state index contributed by atoms with van der Waals surface area (Å²) < 4.78 is 10.9. The number of pyridine rings is 1. The molecule has 0 spiro atoms. The van der Waals surface area contributed by atoms with E-state index >= 15 is 0 Å². The minimum Gasteiger partial charge on any atom is -0.378 e. The second-order valence-corrected chi connectivity index (χ2v) is 8.87. The second-order valence-electron chi connectivity index (χ2n) is 8.87. The van der Waals surface area contributed by atoms with Crippen molar-refractivity contribution in [2.45, 2.75) is 70.3 Å². The molecule has 0 bridgehead atoms. The number of carbonyl (C=O) groups excluding carboxylic acids is 1. The average molecular weight is 518 g/mol. The van der Waals surface area contributed by atoms with Crippen molar-refractivity contribution in [1.82, 2.24) is 15.4 Å². The summed E-state index contributed by atoms with van der Waals surface area (Å²) in [5.74, 6) is 0.418. The number of nitrogens with zero attached hydrogens (tertiary/aromatic N) is 4. The molecule has 1 aromatic heterocycles. The average Bonchev–Trinajstić information content (AvgIpc) is 2.92. The van der Waals surface area contributed by atoms with E-state index in [0.717, 1.165) is 57.1 Å². The van der Waals surface area contributed by atoms with E-state index in [2.05, 4.69) is 20.6 Å². The minimum absolute atomic E-state index is 0.00799. The van der Waals surface area contributed by atoms with Crippen LogP contribution in [0.2, 0.25) is 0 Å². The molecule has 4 N–H and O–H groups in total. The highest BCUT2D eigenvalue weighted by Crippen LogP contribution is 2.21. The minimum atomic E-state index is 0.00799. The number of amides is 1. The van der Waals surface area contributed by atoms with Crippen LogP contribution < -0.4 is 16.4 Å². The van der Waals surface area contributed by atoms with E-state index in [0.29, 0.717) is 58.4 Å². The number of aliphatic imine (C=N–C) groups is 1. The van der Waals surface area contributed by atoms with Gasteiger partial charge in [-0.15, -0.1) is 0 Å². The standard InChI is InChI=1S/C26H43N7O4/c27-13-18-35-20-21-36-19-17-33(37-24-8-4-3-5-9-24)25(34)10-6-1-2-7-14-30-26(31-22-28)32-23-11-15-29-16-12-23/h11-12,15-16,24H,1-10,13-14,17-21,27H2,(H2,29,30,31,32). The highest BCUT2D eigenvalue weighted by atomic mass is 16.7. The first-order valence-electron chi connectivity index (χ1n) is 13.4. The van der Waals surface area contributed by atoms with Gasteiger partial charge in [-0.05, 0) is 37.8 Å². The molecule has 11 nitrogen and oxygen atoms in total. The smallest absolute Gasteiger partial charge is 0.246 e. The summed E-state index contributed by atoms with van der Waals surface area (Å²) in [6, 6.07) is 3.60. The van der Waals surface area contributed by atoms with Crippen LogP contribution in [0.25, 0.3) is 0 Å². The Morgan fingerprint density at radius 1 is 1.08 bits per heavy atom. The maximum atomic E-state index is 12.9. The maximum Gasteiger partial charge on any atom is 0.246 e. The molecule has 11 heteroatoms. The van der Waals surface area contributed by atoms with Crippen molar-refractivity contribution < 1.29 is 19.1 Å². The number of carbonyl (C=O) groups is 1. The van der Waals surface area contributed by atoms with Crippen molar-refractivity contribution in [3.63, 3.8) is 0 Å². The van der Waals surface area contributed by atoms with Crippen LogP contribution in [-0.4, -0.2) is 74.1 Å². The van der Waals surface area contributed by atoms with Crippen LogP contribution in [-0.2, 0) is 19.1 Å². The lowest BCUT2D eigenvalue weighted by Crippen LogP contribution is -2.38. The topological polar surface area (TPSA) is 147 Å². The third kappa shape index (κ3) is 14.5. The number of nitrogens with one attached hydrogen (secondary N) is 2. The molecule has 0 atom stereocenters. The quantitative estimate of drug-likeness (QED) is 0.0667. The summed E-state index contributed by atoms with van der Waals surface area (Å²) in [6.45, 7) is 3.39. The molecule has 0 aromatic carbocycles. The summed E-state index contributed by atoms with van der Waals surface area (Å²) in [4.78, 5) is 27.4. The van der Waals surface area contributed by atoms with Gasteiger partial charge in [0.2, 0.25) is 11.9 Å². The molecule has 1 saturated carbocycles. The van der Waals surface area contributed by atoms with E-state index < -0.39 is 0 Å². The zero-order valence-corrected chi connectivity index (χ0v) is 21.9. The predicted octanol–water partition coefficient (Wildman–Crippen LogP) is 2.96. The van der Waals surface area contributed by atoms with E-state index in [4.69, 9.17) is 25.3 Å². The SMILES string of the molecule is N#CNC(=NCCCCCCC(=O)N(CCOCCOCCN)OC1CCCCC1)Nc1ccncc1. The van der Waals surface area contributed by atoms with Gasteiger partial charge in [-0.3, -0.25) is 24.9 Å². The van der Waals surface area contributed by atoms with E-state index in [1.165, 1.54) is 11.5 Å².